The van der Waals surface area contributed by atoms with Gasteiger partial charge in [0.2, 0.25) is 0 Å². The number of aromatic nitrogens is 2. The fraction of sp³-hybridized carbons (Fsp3) is 0.333. The molecular weight excluding hydrogens is 352 g/mol. The summed E-state index contributed by atoms with van der Waals surface area (Å²) in [6.07, 6.45) is 1.91. The highest BCUT2D eigenvalue weighted by Crippen LogP contribution is 2.26. The van der Waals surface area contributed by atoms with Gasteiger partial charge >= 0.3 is 5.97 Å². The number of hydrogen-bond acceptors (Lipinski definition) is 3. The second-order valence-electron chi connectivity index (χ2n) is 4.75. The standard InChI is InChI=1S/C15H17BrN2O2S/c1-3-4-12-8-14(21-9-15(19)20)18(17-12)13-6-5-11(16)7-10(13)2/h5-8H,3-4,9H2,1-2H3,(H,19,20). The lowest BCUT2D eigenvalue weighted by Gasteiger charge is -2.09. The molecule has 0 saturated heterocycles. The highest BCUT2D eigenvalue weighted by atomic mass is 79.9. The number of rotatable bonds is 6. The smallest absolute Gasteiger partial charge is 0.313 e. The van der Waals surface area contributed by atoms with Crippen molar-refractivity contribution < 1.29 is 9.90 Å². The van der Waals surface area contributed by atoms with Gasteiger partial charge in [0.25, 0.3) is 0 Å². The number of aryl methyl sites for hydroxylation is 2. The molecule has 1 N–H and O–H groups in total. The molecule has 4 nitrogen and oxygen atoms in total. The summed E-state index contributed by atoms with van der Waals surface area (Å²) < 4.78 is 2.87. The van der Waals surface area contributed by atoms with E-state index >= 15 is 0 Å². The van der Waals surface area contributed by atoms with Crippen molar-refractivity contribution in [1.29, 1.82) is 0 Å². The summed E-state index contributed by atoms with van der Waals surface area (Å²) in [6, 6.07) is 7.98. The van der Waals surface area contributed by atoms with Gasteiger partial charge in [0.1, 0.15) is 5.03 Å². The lowest BCUT2D eigenvalue weighted by atomic mass is 10.2. The molecule has 0 aliphatic rings. The third kappa shape index (κ3) is 4.11. The maximum Gasteiger partial charge on any atom is 0.313 e. The maximum atomic E-state index is 10.8. The molecule has 0 saturated carbocycles. The zero-order chi connectivity index (χ0) is 15.4. The van der Waals surface area contributed by atoms with Gasteiger partial charge in [-0.25, -0.2) is 4.68 Å². The first kappa shape index (κ1) is 16.1. The summed E-state index contributed by atoms with van der Waals surface area (Å²) >= 11 is 4.75. The Kier molecular flexibility index (Phi) is 5.47. The quantitative estimate of drug-likeness (QED) is 0.780. The first-order chi connectivity index (χ1) is 10.0. The molecule has 0 unspecified atom stereocenters. The minimum Gasteiger partial charge on any atom is -0.481 e. The van der Waals surface area contributed by atoms with Crippen LogP contribution >= 0.6 is 27.7 Å². The lowest BCUT2D eigenvalue weighted by molar-refractivity contribution is -0.133. The number of aliphatic carboxylic acids is 1. The van der Waals surface area contributed by atoms with Gasteiger partial charge < -0.3 is 5.11 Å². The van der Waals surface area contributed by atoms with Crippen LogP contribution in [0.1, 0.15) is 24.6 Å². The normalized spacial score (nSPS) is 10.8. The van der Waals surface area contributed by atoms with Gasteiger partial charge in [-0.05, 0) is 43.2 Å². The first-order valence-electron chi connectivity index (χ1n) is 6.71. The van der Waals surface area contributed by atoms with E-state index in [2.05, 4.69) is 28.0 Å². The van der Waals surface area contributed by atoms with Crippen molar-refractivity contribution in [2.75, 3.05) is 5.75 Å². The third-order valence-electron chi connectivity index (χ3n) is 2.96. The van der Waals surface area contributed by atoms with Crippen LogP contribution < -0.4 is 0 Å². The molecule has 0 bridgehead atoms. The van der Waals surface area contributed by atoms with Crippen molar-refractivity contribution in [3.8, 4) is 5.69 Å². The zero-order valence-corrected chi connectivity index (χ0v) is 14.4. The predicted octanol–water partition coefficient (Wildman–Crippen LogP) is 4.07. The van der Waals surface area contributed by atoms with Gasteiger partial charge in [-0.15, -0.1) is 0 Å². The molecule has 1 heterocycles. The van der Waals surface area contributed by atoms with E-state index in [0.29, 0.717) is 0 Å². The van der Waals surface area contributed by atoms with E-state index in [-0.39, 0.29) is 5.75 Å². The fourth-order valence-electron chi connectivity index (χ4n) is 2.06. The molecule has 0 radical (unpaired) electrons. The highest BCUT2D eigenvalue weighted by molar-refractivity contribution is 9.10. The van der Waals surface area contributed by atoms with Crippen molar-refractivity contribution in [2.24, 2.45) is 0 Å². The molecule has 112 valence electrons. The van der Waals surface area contributed by atoms with Crippen LogP contribution in [0.25, 0.3) is 5.69 Å². The predicted molar refractivity (Wildman–Crippen MR) is 88.4 cm³/mol. The summed E-state index contributed by atoms with van der Waals surface area (Å²) in [6.45, 7) is 4.13. The number of carboxylic acid groups (broad SMARTS) is 1. The third-order valence-corrected chi connectivity index (χ3v) is 4.44. The van der Waals surface area contributed by atoms with E-state index in [1.165, 1.54) is 11.8 Å². The van der Waals surface area contributed by atoms with E-state index in [4.69, 9.17) is 5.11 Å². The summed E-state index contributed by atoms with van der Waals surface area (Å²) in [5, 5.41) is 14.4. The van der Waals surface area contributed by atoms with Gasteiger partial charge in [-0.2, -0.15) is 5.10 Å². The molecule has 2 rings (SSSR count). The molecule has 0 spiro atoms. The van der Waals surface area contributed by atoms with Gasteiger partial charge in [0.15, 0.2) is 0 Å². The fourth-order valence-corrected chi connectivity index (χ4v) is 3.28. The Balaban J connectivity index is 2.41. The SMILES string of the molecule is CCCc1cc(SCC(=O)O)n(-c2ccc(Br)cc2C)n1. The van der Waals surface area contributed by atoms with Gasteiger partial charge in [0.05, 0.1) is 17.1 Å². The maximum absolute atomic E-state index is 10.8. The van der Waals surface area contributed by atoms with Crippen molar-refractivity contribution in [1.82, 2.24) is 9.78 Å². The lowest BCUT2D eigenvalue weighted by Crippen LogP contribution is -2.04. The number of halogens is 1. The molecule has 0 fully saturated rings. The van der Waals surface area contributed by atoms with Crippen LogP contribution in [0.4, 0.5) is 0 Å². The Morgan fingerprint density at radius 2 is 2.19 bits per heavy atom. The van der Waals surface area contributed by atoms with Crippen LogP contribution in [0.2, 0.25) is 0 Å². The van der Waals surface area contributed by atoms with Crippen LogP contribution in [0.15, 0.2) is 33.8 Å². The van der Waals surface area contributed by atoms with Crippen molar-refractivity contribution in [3.63, 3.8) is 0 Å². The number of hydrogen-bond donors (Lipinski definition) is 1. The van der Waals surface area contributed by atoms with Crippen molar-refractivity contribution >= 4 is 33.7 Å². The van der Waals surface area contributed by atoms with Gasteiger partial charge in [0, 0.05) is 4.47 Å². The Morgan fingerprint density at radius 3 is 2.81 bits per heavy atom. The highest BCUT2D eigenvalue weighted by Gasteiger charge is 2.13. The zero-order valence-electron chi connectivity index (χ0n) is 12.0. The van der Waals surface area contributed by atoms with Crippen LogP contribution in [-0.2, 0) is 11.2 Å². The molecule has 0 aliphatic carbocycles. The van der Waals surface area contributed by atoms with Crippen LogP contribution in [0, 0.1) is 6.92 Å². The summed E-state index contributed by atoms with van der Waals surface area (Å²) in [5.41, 5.74) is 3.06. The molecule has 21 heavy (non-hydrogen) atoms. The summed E-state index contributed by atoms with van der Waals surface area (Å²) in [7, 11) is 0. The van der Waals surface area contributed by atoms with Crippen LogP contribution in [0.5, 0.6) is 0 Å². The Bertz CT molecular complexity index is 655. The minimum absolute atomic E-state index is 0.0346. The molecule has 2 aromatic rings. The van der Waals surface area contributed by atoms with Gasteiger partial charge in [-0.3, -0.25) is 4.79 Å². The van der Waals surface area contributed by atoms with Gasteiger partial charge in [-0.1, -0.05) is 41.0 Å². The van der Waals surface area contributed by atoms with Crippen LogP contribution in [0.3, 0.4) is 0 Å². The number of carbonyl (C=O) groups is 1. The monoisotopic (exact) mass is 368 g/mol. The first-order valence-corrected chi connectivity index (χ1v) is 8.49. The number of carboxylic acids is 1. The number of benzene rings is 1. The van der Waals surface area contributed by atoms with Crippen molar-refractivity contribution in [3.05, 3.63) is 40.0 Å². The Labute approximate surface area is 136 Å². The molecule has 0 amide bonds. The van der Waals surface area contributed by atoms with E-state index in [1.807, 2.05) is 35.9 Å². The average Bonchev–Trinajstić information content (AvgIpc) is 2.79. The number of nitrogens with zero attached hydrogens (tertiary/aromatic N) is 2. The van der Waals surface area contributed by atoms with E-state index in [0.717, 1.165) is 39.3 Å². The summed E-state index contributed by atoms with van der Waals surface area (Å²) in [5.74, 6) is -0.787. The second-order valence-corrected chi connectivity index (χ2v) is 6.66. The van der Waals surface area contributed by atoms with E-state index in [1.54, 1.807) is 0 Å². The molecule has 1 aromatic carbocycles. The average molecular weight is 369 g/mol. The largest absolute Gasteiger partial charge is 0.481 e. The second kappa shape index (κ2) is 7.13. The molecule has 0 aliphatic heterocycles. The molecular formula is C15H17BrN2O2S. The molecule has 1 aromatic heterocycles. The Hall–Kier alpha value is -1.27. The molecule has 6 heteroatoms. The van der Waals surface area contributed by atoms with E-state index < -0.39 is 5.97 Å². The minimum atomic E-state index is -0.822. The summed E-state index contributed by atoms with van der Waals surface area (Å²) in [4.78, 5) is 10.8. The number of thioether (sulfide) groups is 1. The van der Waals surface area contributed by atoms with Crippen molar-refractivity contribution in [2.45, 2.75) is 31.7 Å². The topological polar surface area (TPSA) is 55.1 Å². The molecule has 0 atom stereocenters. The van der Waals surface area contributed by atoms with Crippen LogP contribution in [-0.4, -0.2) is 26.6 Å². The Morgan fingerprint density at radius 1 is 1.43 bits per heavy atom. The van der Waals surface area contributed by atoms with E-state index in [9.17, 15) is 4.79 Å².